The van der Waals surface area contributed by atoms with Gasteiger partial charge in [0.05, 0.1) is 24.0 Å². The van der Waals surface area contributed by atoms with E-state index in [1.165, 1.54) is 24.0 Å². The summed E-state index contributed by atoms with van der Waals surface area (Å²) in [5, 5.41) is 10.8. The minimum Gasteiger partial charge on any atom is -0.490 e. The highest BCUT2D eigenvalue weighted by atomic mass is 35.5. The van der Waals surface area contributed by atoms with Gasteiger partial charge in [0.25, 0.3) is 0 Å². The number of nitrogens with zero attached hydrogens (tertiary/aromatic N) is 1. The van der Waals surface area contributed by atoms with E-state index in [0.717, 1.165) is 74.6 Å². The normalized spacial score (nSPS) is 28.1. The topological polar surface area (TPSA) is 85.0 Å². The lowest BCUT2D eigenvalue weighted by molar-refractivity contribution is 0.0517. The van der Waals surface area contributed by atoms with Gasteiger partial charge in [-0.1, -0.05) is 50.6 Å². The number of carboxylic acid groups (broad SMARTS) is 1. The van der Waals surface area contributed by atoms with E-state index >= 15 is 0 Å². The first kappa shape index (κ1) is 34.5. The van der Waals surface area contributed by atoms with Gasteiger partial charge in [-0.05, 0) is 141 Å². The van der Waals surface area contributed by atoms with E-state index in [4.69, 9.17) is 26.5 Å². The predicted octanol–water partition coefficient (Wildman–Crippen LogP) is 8.86. The summed E-state index contributed by atoms with van der Waals surface area (Å²) in [5.74, 6) is 2.00. The largest absolute Gasteiger partial charge is 0.490 e. The summed E-state index contributed by atoms with van der Waals surface area (Å²) >= 11 is 6.46. The van der Waals surface area contributed by atoms with Gasteiger partial charge in [0, 0.05) is 23.5 Å². The van der Waals surface area contributed by atoms with Crippen LogP contribution < -0.4 is 15.4 Å². The maximum absolute atomic E-state index is 12.1. The summed E-state index contributed by atoms with van der Waals surface area (Å²) < 4.78 is 13.9. The second-order valence-electron chi connectivity index (χ2n) is 16.4. The smallest absolute Gasteiger partial charge is 0.335 e. The lowest BCUT2D eigenvalue weighted by atomic mass is 9.68. The number of fused-ring (bicyclic) bond motifs is 3. The van der Waals surface area contributed by atoms with Crippen LogP contribution in [0.2, 0.25) is 23.2 Å². The first-order valence-corrected chi connectivity index (χ1v) is 21.2. The van der Waals surface area contributed by atoms with Crippen molar-refractivity contribution in [3.63, 3.8) is 0 Å². The molecule has 4 aliphatic rings. The van der Waals surface area contributed by atoms with E-state index in [9.17, 15) is 9.90 Å². The number of aryl methyl sites for hydroxylation is 1. The monoisotopic (exact) mass is 678 g/mol. The van der Waals surface area contributed by atoms with Crippen LogP contribution in [0.3, 0.4) is 0 Å². The fourth-order valence-corrected chi connectivity index (χ4v) is 9.73. The maximum Gasteiger partial charge on any atom is 0.335 e. The van der Waals surface area contributed by atoms with Crippen LogP contribution in [0.4, 0.5) is 5.69 Å². The third-order valence-electron chi connectivity index (χ3n) is 12.4. The van der Waals surface area contributed by atoms with E-state index < -0.39 is 14.3 Å². The standard InChI is InChI=1S/C39H55ClN2O4Si/c1-38(2,3)47(4,5)46-35(16-11-26-8-9-27(26)18-20-41)32-14-10-30(32)23-42-24-39(19-6-7-28-21-31(40)13-15-33(28)39)25-45-36-17-12-29(37(43)44)22-34(36)42/h11-13,15-17,21-22,26-27,30,32,35H,6-10,14,18-20,23-25,41H2,1-5H3,(H,43,44)/b16-11+/t26-,27-,30-,32+,35-,39-/m0/s1. The minimum absolute atomic E-state index is 0.0772. The number of halogens is 1. The second-order valence-corrected chi connectivity index (χ2v) is 21.6. The number of rotatable bonds is 10. The molecule has 47 heavy (non-hydrogen) atoms. The number of carboxylic acids is 1. The molecule has 2 aromatic carbocycles. The Labute approximate surface area is 288 Å². The number of anilines is 1. The number of benzene rings is 2. The number of hydrogen-bond donors (Lipinski definition) is 2. The summed E-state index contributed by atoms with van der Waals surface area (Å²) in [4.78, 5) is 14.6. The van der Waals surface area contributed by atoms with Crippen molar-refractivity contribution in [1.29, 1.82) is 0 Å². The molecule has 0 bridgehead atoms. The fourth-order valence-electron chi connectivity index (χ4n) is 8.24. The van der Waals surface area contributed by atoms with Crippen molar-refractivity contribution < 1.29 is 19.1 Å². The molecule has 6 nitrogen and oxygen atoms in total. The van der Waals surface area contributed by atoms with E-state index in [-0.39, 0.29) is 16.6 Å². The molecule has 0 unspecified atom stereocenters. The molecule has 0 saturated heterocycles. The molecule has 3 aliphatic carbocycles. The Morgan fingerprint density at radius 3 is 2.62 bits per heavy atom. The Morgan fingerprint density at radius 1 is 1.17 bits per heavy atom. The number of ether oxygens (including phenoxy) is 1. The Bertz CT molecular complexity index is 1490. The average Bonchev–Trinajstić information content (AvgIpc) is 3.13. The Balaban J connectivity index is 1.32. The van der Waals surface area contributed by atoms with Crippen LogP contribution >= 0.6 is 11.6 Å². The van der Waals surface area contributed by atoms with E-state index in [2.05, 4.69) is 63.0 Å². The van der Waals surface area contributed by atoms with Crippen LogP contribution in [0.15, 0.2) is 48.6 Å². The molecule has 1 aliphatic heterocycles. The van der Waals surface area contributed by atoms with Crippen LogP contribution in [0.25, 0.3) is 0 Å². The molecule has 256 valence electrons. The van der Waals surface area contributed by atoms with Gasteiger partial charge in [-0.15, -0.1) is 0 Å². The predicted molar refractivity (Wildman–Crippen MR) is 194 cm³/mol. The lowest BCUT2D eigenvalue weighted by Crippen LogP contribution is -2.52. The van der Waals surface area contributed by atoms with E-state index in [1.54, 1.807) is 6.07 Å². The van der Waals surface area contributed by atoms with Crippen LogP contribution in [0.1, 0.15) is 87.2 Å². The summed E-state index contributed by atoms with van der Waals surface area (Å²) in [6, 6.07) is 11.7. The highest BCUT2D eigenvalue weighted by Gasteiger charge is 2.47. The molecule has 1 heterocycles. The maximum atomic E-state index is 12.1. The molecule has 8 heteroatoms. The van der Waals surface area contributed by atoms with E-state index in [1.807, 2.05) is 18.2 Å². The molecule has 2 aromatic rings. The zero-order valence-electron chi connectivity index (χ0n) is 29.1. The molecule has 3 N–H and O–H groups in total. The van der Waals surface area contributed by atoms with Gasteiger partial charge in [-0.25, -0.2) is 4.79 Å². The van der Waals surface area contributed by atoms with Crippen molar-refractivity contribution in [3.8, 4) is 5.75 Å². The Kier molecular flexibility index (Phi) is 9.94. The number of nitrogens with two attached hydrogens (primary N) is 1. The van der Waals surface area contributed by atoms with Crippen molar-refractivity contribution in [2.45, 2.75) is 102 Å². The van der Waals surface area contributed by atoms with Crippen molar-refractivity contribution >= 4 is 31.6 Å². The summed E-state index contributed by atoms with van der Waals surface area (Å²) in [7, 11) is -2.03. The third kappa shape index (κ3) is 7.06. The molecule has 1 spiro atoms. The minimum atomic E-state index is -2.03. The Hall–Kier alpha value is -2.32. The first-order chi connectivity index (χ1) is 22.3. The van der Waals surface area contributed by atoms with Gasteiger partial charge in [0.1, 0.15) is 5.75 Å². The molecular weight excluding hydrogens is 624 g/mol. The van der Waals surface area contributed by atoms with Gasteiger partial charge >= 0.3 is 5.97 Å². The summed E-state index contributed by atoms with van der Waals surface area (Å²) in [6.45, 7) is 14.7. The van der Waals surface area contributed by atoms with Crippen molar-refractivity contribution in [2.24, 2.45) is 29.4 Å². The van der Waals surface area contributed by atoms with Gasteiger partial charge in [-0.2, -0.15) is 0 Å². The van der Waals surface area contributed by atoms with E-state index in [0.29, 0.717) is 35.8 Å². The van der Waals surface area contributed by atoms with Crippen LogP contribution in [-0.2, 0) is 16.3 Å². The zero-order valence-corrected chi connectivity index (χ0v) is 30.8. The SMILES string of the molecule is CC(C)(C)[Si](C)(C)O[C@@H](/C=C/[C@@H]1CC[C@H]1CCN)[C@@H]1CC[C@H]1CN1C[C@@]2(CCCc3cc(Cl)ccc32)COc2ccc(C(=O)O)cc21. The fraction of sp³-hybridized carbons (Fsp3) is 0.615. The molecule has 2 fully saturated rings. The van der Waals surface area contributed by atoms with Gasteiger partial charge < -0.3 is 24.9 Å². The van der Waals surface area contributed by atoms with Gasteiger partial charge in [-0.3, -0.25) is 0 Å². The molecule has 0 amide bonds. The second kappa shape index (κ2) is 13.5. The van der Waals surface area contributed by atoms with Crippen molar-refractivity contribution in [2.75, 3.05) is 31.1 Å². The number of allylic oxidation sites excluding steroid dienone is 1. The molecule has 6 rings (SSSR count). The molecular formula is C39H55ClN2O4Si. The Morgan fingerprint density at radius 2 is 1.96 bits per heavy atom. The first-order valence-electron chi connectivity index (χ1n) is 17.9. The van der Waals surface area contributed by atoms with Crippen molar-refractivity contribution in [3.05, 3.63) is 70.3 Å². The van der Waals surface area contributed by atoms with Crippen LogP contribution in [0.5, 0.6) is 5.75 Å². The number of aromatic carboxylic acids is 1. The van der Waals surface area contributed by atoms with Gasteiger partial charge in [0.2, 0.25) is 0 Å². The summed E-state index contributed by atoms with van der Waals surface area (Å²) in [6.07, 6.45) is 14.0. The quantitative estimate of drug-likeness (QED) is 0.193. The highest BCUT2D eigenvalue weighted by Crippen LogP contribution is 2.48. The highest BCUT2D eigenvalue weighted by molar-refractivity contribution is 6.74. The molecule has 0 aromatic heterocycles. The molecule has 0 radical (unpaired) electrons. The van der Waals surface area contributed by atoms with Crippen molar-refractivity contribution in [1.82, 2.24) is 0 Å². The number of carbonyl (C=O) groups is 1. The zero-order chi connectivity index (χ0) is 33.6. The van der Waals surface area contributed by atoms with Gasteiger partial charge in [0.15, 0.2) is 8.32 Å². The number of hydrogen-bond acceptors (Lipinski definition) is 5. The van der Waals surface area contributed by atoms with Crippen LogP contribution in [0, 0.1) is 23.7 Å². The summed E-state index contributed by atoms with van der Waals surface area (Å²) in [5.41, 5.74) is 9.56. The molecule has 6 atom stereocenters. The molecule has 2 saturated carbocycles. The lowest BCUT2D eigenvalue weighted by Gasteiger charge is -2.48. The van der Waals surface area contributed by atoms with Crippen LogP contribution in [-0.4, -0.2) is 51.7 Å². The third-order valence-corrected chi connectivity index (χ3v) is 17.1. The average molecular weight is 679 g/mol.